The van der Waals surface area contributed by atoms with E-state index in [2.05, 4.69) is 20.3 Å². The van der Waals surface area contributed by atoms with Crippen LogP contribution >= 0.6 is 11.6 Å². The molecule has 0 bridgehead atoms. The molecule has 1 aromatic heterocycles. The summed E-state index contributed by atoms with van der Waals surface area (Å²) >= 11 is 5.66. The molecular formula is C27H26ClF3N4O3. The number of amides is 1. The van der Waals surface area contributed by atoms with Gasteiger partial charge in [-0.3, -0.25) is 9.79 Å². The van der Waals surface area contributed by atoms with E-state index in [0.717, 1.165) is 23.3 Å². The molecule has 200 valence electrons. The van der Waals surface area contributed by atoms with Crippen LogP contribution in [0.2, 0.25) is 5.02 Å². The summed E-state index contributed by atoms with van der Waals surface area (Å²) in [5.41, 5.74) is 1.28. The number of alkyl halides is 3. The Balaban J connectivity index is 1.55. The number of nitrogens with one attached hydrogen (secondary N) is 1. The number of hydrogen-bond donors (Lipinski definition) is 1. The molecule has 7 nitrogen and oxygen atoms in total. The minimum absolute atomic E-state index is 0.0265. The van der Waals surface area contributed by atoms with Gasteiger partial charge in [-0.25, -0.2) is 9.97 Å². The number of rotatable bonds is 9. The van der Waals surface area contributed by atoms with Gasteiger partial charge >= 0.3 is 12.2 Å². The first-order chi connectivity index (χ1) is 18.1. The van der Waals surface area contributed by atoms with Crippen LogP contribution in [0.3, 0.4) is 0 Å². The van der Waals surface area contributed by atoms with Crippen LogP contribution in [-0.2, 0) is 23.8 Å². The lowest BCUT2D eigenvalue weighted by Gasteiger charge is -2.13. The van der Waals surface area contributed by atoms with E-state index >= 15 is 0 Å². The number of hydrogen-bond acceptors (Lipinski definition) is 6. The van der Waals surface area contributed by atoms with Gasteiger partial charge in [0.1, 0.15) is 17.3 Å². The zero-order chi connectivity index (χ0) is 27.7. The lowest BCUT2D eigenvalue weighted by molar-refractivity contribution is -0.137. The highest BCUT2D eigenvalue weighted by atomic mass is 35.5. The average molecular weight is 547 g/mol. The van der Waals surface area contributed by atoms with Gasteiger partial charge in [0.25, 0.3) is 5.91 Å². The molecule has 0 atom stereocenters. The van der Waals surface area contributed by atoms with E-state index in [9.17, 15) is 18.0 Å². The van der Waals surface area contributed by atoms with Gasteiger partial charge in [0, 0.05) is 37.9 Å². The quantitative estimate of drug-likeness (QED) is 0.196. The Labute approximate surface area is 223 Å². The van der Waals surface area contributed by atoms with Gasteiger partial charge in [0.05, 0.1) is 17.7 Å². The van der Waals surface area contributed by atoms with Gasteiger partial charge in [0.15, 0.2) is 0 Å². The third kappa shape index (κ3) is 8.04. The highest BCUT2D eigenvalue weighted by Crippen LogP contribution is 2.37. The molecule has 0 aliphatic heterocycles. The molecule has 1 amide bonds. The lowest BCUT2D eigenvalue weighted by atomic mass is 10.1. The number of aryl methyl sites for hydroxylation is 1. The van der Waals surface area contributed by atoms with Gasteiger partial charge in [-0.05, 0) is 54.8 Å². The molecule has 0 unspecified atom stereocenters. The maximum Gasteiger partial charge on any atom is 0.417 e. The number of carbonyl (C=O) groups is 1. The van der Waals surface area contributed by atoms with Gasteiger partial charge < -0.3 is 14.8 Å². The van der Waals surface area contributed by atoms with Crippen LogP contribution in [-0.4, -0.2) is 35.9 Å². The summed E-state index contributed by atoms with van der Waals surface area (Å²) < 4.78 is 49.7. The SMILES string of the molecule is C/C=C(/Cc1cnc(OC)nc1)C(=O)NC(CCc1ccc(Oc2ccc(Cl)c(C(F)(F)F)c2)cc1)=NC. The Morgan fingerprint density at radius 2 is 1.74 bits per heavy atom. The summed E-state index contributed by atoms with van der Waals surface area (Å²) in [6.07, 6.45) is 1.75. The number of methoxy groups -OCH3 is 1. The standard InChI is InChI=1S/C27H26ClF3N4O3/c1-4-19(13-18-15-33-26(37-3)34-16-18)25(36)35-24(32-2)12-7-17-5-8-20(9-6-17)38-21-10-11-23(28)22(14-21)27(29,30)31/h4-6,8-11,14-16H,7,12-13H2,1-3H3,(H,32,35,36)/b19-4-. The predicted octanol–water partition coefficient (Wildman–Crippen LogP) is 6.22. The van der Waals surface area contributed by atoms with Crippen molar-refractivity contribution in [3.8, 4) is 17.5 Å². The minimum Gasteiger partial charge on any atom is -0.467 e. The van der Waals surface area contributed by atoms with E-state index in [-0.39, 0.29) is 17.7 Å². The number of ether oxygens (including phenoxy) is 2. The summed E-state index contributed by atoms with van der Waals surface area (Å²) in [6.45, 7) is 1.78. The van der Waals surface area contributed by atoms with Crippen molar-refractivity contribution in [2.75, 3.05) is 14.2 Å². The maximum atomic E-state index is 13.1. The van der Waals surface area contributed by atoms with Crippen molar-refractivity contribution < 1.29 is 27.4 Å². The van der Waals surface area contributed by atoms with Crippen molar-refractivity contribution in [2.45, 2.75) is 32.4 Å². The molecule has 0 aliphatic carbocycles. The normalized spacial score (nSPS) is 12.3. The first-order valence-corrected chi connectivity index (χ1v) is 11.9. The smallest absolute Gasteiger partial charge is 0.417 e. The number of nitrogens with zero attached hydrogens (tertiary/aromatic N) is 3. The fourth-order valence-corrected chi connectivity index (χ4v) is 3.65. The Kier molecular flexibility index (Phi) is 9.84. The van der Waals surface area contributed by atoms with E-state index in [1.807, 2.05) is 0 Å². The molecule has 0 fully saturated rings. The molecule has 3 aromatic rings. The van der Waals surface area contributed by atoms with E-state index in [1.165, 1.54) is 13.2 Å². The summed E-state index contributed by atoms with van der Waals surface area (Å²) in [6, 6.07) is 10.6. The molecule has 0 saturated heterocycles. The van der Waals surface area contributed by atoms with Crippen molar-refractivity contribution in [3.63, 3.8) is 0 Å². The van der Waals surface area contributed by atoms with E-state index < -0.39 is 16.8 Å². The van der Waals surface area contributed by atoms with Crippen molar-refractivity contribution in [1.29, 1.82) is 0 Å². The summed E-state index contributed by atoms with van der Waals surface area (Å²) in [5, 5.41) is 2.45. The fraction of sp³-hybridized carbons (Fsp3) is 0.259. The number of benzene rings is 2. The summed E-state index contributed by atoms with van der Waals surface area (Å²) in [4.78, 5) is 25.1. The average Bonchev–Trinajstić information content (AvgIpc) is 2.91. The van der Waals surface area contributed by atoms with Crippen LogP contribution in [0.25, 0.3) is 0 Å². The number of amidine groups is 1. The fourth-order valence-electron chi connectivity index (χ4n) is 3.42. The first-order valence-electron chi connectivity index (χ1n) is 11.5. The second kappa shape index (κ2) is 13.0. The second-order valence-corrected chi connectivity index (χ2v) is 8.49. The Hall–Kier alpha value is -3.92. The largest absolute Gasteiger partial charge is 0.467 e. The van der Waals surface area contributed by atoms with Crippen molar-refractivity contribution in [3.05, 3.63) is 88.2 Å². The second-order valence-electron chi connectivity index (χ2n) is 8.08. The van der Waals surface area contributed by atoms with Gasteiger partial charge in [-0.1, -0.05) is 29.8 Å². The first kappa shape index (κ1) is 28.6. The van der Waals surface area contributed by atoms with Gasteiger partial charge in [-0.15, -0.1) is 0 Å². The number of aromatic nitrogens is 2. The van der Waals surface area contributed by atoms with Crippen LogP contribution in [0.5, 0.6) is 17.5 Å². The molecule has 0 spiro atoms. The molecule has 38 heavy (non-hydrogen) atoms. The molecule has 1 N–H and O–H groups in total. The topological polar surface area (TPSA) is 85.7 Å². The highest BCUT2D eigenvalue weighted by molar-refractivity contribution is 6.31. The summed E-state index contributed by atoms with van der Waals surface area (Å²) in [7, 11) is 3.07. The van der Waals surface area contributed by atoms with Crippen LogP contribution in [0, 0.1) is 0 Å². The lowest BCUT2D eigenvalue weighted by Crippen LogP contribution is -2.32. The van der Waals surface area contributed by atoms with Crippen LogP contribution < -0.4 is 14.8 Å². The monoisotopic (exact) mass is 546 g/mol. The van der Waals surface area contributed by atoms with Crippen molar-refractivity contribution >= 4 is 23.3 Å². The molecule has 1 heterocycles. The van der Waals surface area contributed by atoms with E-state index in [1.54, 1.807) is 56.7 Å². The van der Waals surface area contributed by atoms with Crippen LogP contribution in [0.4, 0.5) is 13.2 Å². The zero-order valence-corrected chi connectivity index (χ0v) is 21.7. The van der Waals surface area contributed by atoms with Crippen LogP contribution in [0.1, 0.15) is 30.0 Å². The molecular weight excluding hydrogens is 521 g/mol. The van der Waals surface area contributed by atoms with Crippen molar-refractivity contribution in [2.24, 2.45) is 4.99 Å². The third-order valence-electron chi connectivity index (χ3n) is 5.48. The minimum atomic E-state index is -4.58. The zero-order valence-electron chi connectivity index (χ0n) is 21.0. The van der Waals surface area contributed by atoms with Gasteiger partial charge in [-0.2, -0.15) is 13.2 Å². The van der Waals surface area contributed by atoms with Crippen LogP contribution in [0.15, 0.2) is 71.5 Å². The molecule has 0 saturated carbocycles. The van der Waals surface area contributed by atoms with Crippen molar-refractivity contribution in [1.82, 2.24) is 15.3 Å². The number of aliphatic imine (C=N–C) groups is 1. The van der Waals surface area contributed by atoms with E-state index in [0.29, 0.717) is 36.4 Å². The molecule has 11 heteroatoms. The Bertz CT molecular complexity index is 1310. The number of allylic oxidation sites excluding steroid dienone is 1. The molecule has 0 aliphatic rings. The summed E-state index contributed by atoms with van der Waals surface area (Å²) in [5.74, 6) is 0.649. The Morgan fingerprint density at radius 1 is 1.08 bits per heavy atom. The third-order valence-corrected chi connectivity index (χ3v) is 5.81. The molecule has 3 rings (SSSR count). The number of carbonyl (C=O) groups excluding carboxylic acids is 1. The Morgan fingerprint density at radius 3 is 2.32 bits per heavy atom. The molecule has 0 radical (unpaired) electrons. The molecule has 2 aromatic carbocycles. The highest BCUT2D eigenvalue weighted by Gasteiger charge is 2.33. The van der Waals surface area contributed by atoms with E-state index in [4.69, 9.17) is 21.1 Å². The predicted molar refractivity (Wildman–Crippen MR) is 139 cm³/mol. The van der Waals surface area contributed by atoms with Gasteiger partial charge in [0.2, 0.25) is 0 Å². The maximum absolute atomic E-state index is 13.1. The number of halogens is 4.